The number of esters is 1. The van der Waals surface area contributed by atoms with E-state index in [0.29, 0.717) is 6.61 Å². The van der Waals surface area contributed by atoms with Crippen molar-refractivity contribution in [2.24, 2.45) is 5.41 Å². The van der Waals surface area contributed by atoms with Crippen LogP contribution in [0.4, 0.5) is 0 Å². The fraction of sp³-hybridized carbons (Fsp3) is 0.917. The zero-order chi connectivity index (χ0) is 13.5. The van der Waals surface area contributed by atoms with Crippen molar-refractivity contribution in [3.8, 4) is 0 Å². The topological polar surface area (TPSA) is 79.4 Å². The molecular formula is C12H20I2N2O3. The maximum absolute atomic E-state index is 11.8. The quantitative estimate of drug-likeness (QED) is 0.0868. The first-order chi connectivity index (χ1) is 9.06. The molecular weight excluding hydrogens is 474 g/mol. The van der Waals surface area contributed by atoms with E-state index in [1.165, 1.54) is 32.1 Å². The van der Waals surface area contributed by atoms with Crippen molar-refractivity contribution < 1.29 is 14.3 Å². The molecule has 1 aliphatic carbocycles. The van der Waals surface area contributed by atoms with E-state index in [1.54, 1.807) is 0 Å². The van der Waals surface area contributed by atoms with Gasteiger partial charge in [0.2, 0.25) is 0 Å². The average molecular weight is 494 g/mol. The maximum atomic E-state index is 11.8. The van der Waals surface area contributed by atoms with Crippen molar-refractivity contribution in [2.75, 3.05) is 13.4 Å². The fourth-order valence-corrected chi connectivity index (χ4v) is 10.0. The Labute approximate surface area is 135 Å². The normalized spacial score (nSPS) is 29.3. The van der Waals surface area contributed by atoms with Crippen LogP contribution in [0.5, 0.6) is 0 Å². The summed E-state index contributed by atoms with van der Waals surface area (Å²) in [6, 6.07) is 0. The molecule has 0 radical (unpaired) electrons. The van der Waals surface area contributed by atoms with Gasteiger partial charge in [-0.25, -0.2) is 0 Å². The Kier molecular flexibility index (Phi) is 4.30. The summed E-state index contributed by atoms with van der Waals surface area (Å²) in [5.41, 5.74) is 0.280. The summed E-state index contributed by atoms with van der Waals surface area (Å²) in [6.07, 6.45) is 6.38. The first kappa shape index (κ1) is 14.7. The molecule has 1 saturated carbocycles. The molecule has 0 spiro atoms. The van der Waals surface area contributed by atoms with E-state index >= 15 is 0 Å². The number of rotatable bonds is 6. The summed E-state index contributed by atoms with van der Waals surface area (Å²) in [4.78, 5) is 11.8. The van der Waals surface area contributed by atoms with Crippen LogP contribution in [0.2, 0.25) is 0 Å². The van der Waals surface area contributed by atoms with Crippen LogP contribution in [-0.2, 0) is 14.3 Å². The number of ether oxygens (including phenoxy) is 2. The SMILES string of the molecule is CC1(COCOC(=O)C(I)C23NI2N3)CCCCC1. The third kappa shape index (κ3) is 3.19. The number of hydrogen-bond donors (Lipinski definition) is 2. The molecule has 19 heavy (non-hydrogen) atoms. The molecule has 0 bridgehead atoms. The molecule has 0 aromatic rings. The third-order valence-corrected chi connectivity index (χ3v) is 11.2. The van der Waals surface area contributed by atoms with E-state index < -0.39 is 20.4 Å². The molecule has 3 fully saturated rings. The van der Waals surface area contributed by atoms with Crippen LogP contribution < -0.4 is 7.06 Å². The van der Waals surface area contributed by atoms with Gasteiger partial charge in [0, 0.05) is 0 Å². The number of hydrogen-bond acceptors (Lipinski definition) is 5. The standard InChI is InChI=1S/C12H20I2N2O3/c1-11(5-3-2-4-6-11)7-18-8-19-10(17)9(13)12-14(15-12)16-12/h9,15-16H,2-8H2,1H3. The molecule has 2 saturated heterocycles. The van der Waals surface area contributed by atoms with Crippen LogP contribution in [0, 0.1) is 5.41 Å². The molecule has 2 aliphatic heterocycles. The first-order valence-corrected chi connectivity index (χ1v) is 11.2. The van der Waals surface area contributed by atoms with Gasteiger partial charge in [-0.2, -0.15) is 0 Å². The van der Waals surface area contributed by atoms with Crippen molar-refractivity contribution >= 4 is 48.9 Å². The van der Waals surface area contributed by atoms with Crippen LogP contribution >= 0.6 is 43.0 Å². The van der Waals surface area contributed by atoms with Gasteiger partial charge >= 0.3 is 136 Å². The number of alkyl halides is 2. The van der Waals surface area contributed by atoms with Gasteiger partial charge in [0.05, 0.1) is 0 Å². The summed E-state index contributed by atoms with van der Waals surface area (Å²) >= 11 is 1.11. The van der Waals surface area contributed by atoms with Crippen LogP contribution in [0.3, 0.4) is 0 Å². The van der Waals surface area contributed by atoms with E-state index in [1.807, 2.05) is 0 Å². The molecule has 3 aliphatic rings. The van der Waals surface area contributed by atoms with E-state index in [0.717, 1.165) is 0 Å². The van der Waals surface area contributed by atoms with Gasteiger partial charge in [-0.05, 0) is 0 Å². The third-order valence-electron chi connectivity index (χ3n) is 4.04. The minimum absolute atomic E-state index is 0.00306. The van der Waals surface area contributed by atoms with Crippen LogP contribution in [0.25, 0.3) is 0 Å². The predicted octanol–water partition coefficient (Wildman–Crippen LogP) is 2.47. The van der Waals surface area contributed by atoms with Crippen LogP contribution in [-0.4, -0.2) is 27.0 Å². The molecule has 5 nitrogen and oxygen atoms in total. The van der Waals surface area contributed by atoms with Crippen molar-refractivity contribution in [3.63, 3.8) is 0 Å². The second kappa shape index (κ2) is 5.54. The molecule has 2 heterocycles. The molecule has 0 aromatic heterocycles. The molecule has 0 amide bonds. The van der Waals surface area contributed by atoms with E-state index in [9.17, 15) is 4.79 Å². The zero-order valence-corrected chi connectivity index (χ0v) is 15.3. The second-order valence-corrected chi connectivity index (χ2v) is 11.5. The molecule has 110 valence electrons. The van der Waals surface area contributed by atoms with Gasteiger partial charge < -0.3 is 0 Å². The van der Waals surface area contributed by atoms with Gasteiger partial charge in [0.1, 0.15) is 0 Å². The molecule has 3 rings (SSSR count). The summed E-state index contributed by atoms with van der Waals surface area (Å²) < 4.78 is 17.3. The van der Waals surface area contributed by atoms with Gasteiger partial charge in [-0.1, -0.05) is 0 Å². The molecule has 7 heteroatoms. The van der Waals surface area contributed by atoms with Crippen molar-refractivity contribution in [2.45, 2.75) is 46.6 Å². The minimum atomic E-state index is -1.05. The summed E-state index contributed by atoms with van der Waals surface area (Å²) in [6.45, 7) is 3.07. The van der Waals surface area contributed by atoms with Gasteiger partial charge in [-0.3, -0.25) is 0 Å². The zero-order valence-electron chi connectivity index (χ0n) is 11.0. The van der Waals surface area contributed by atoms with Gasteiger partial charge in [-0.15, -0.1) is 0 Å². The Morgan fingerprint density at radius 1 is 1.37 bits per heavy atom. The van der Waals surface area contributed by atoms with Crippen molar-refractivity contribution in [1.82, 2.24) is 7.06 Å². The first-order valence-electron chi connectivity index (χ1n) is 6.70. The van der Waals surface area contributed by atoms with Crippen LogP contribution in [0.15, 0.2) is 0 Å². The molecule has 0 aromatic carbocycles. The Bertz CT molecular complexity index is 368. The number of fused-ring (bicyclic) bond motifs is 1. The molecule has 1 unspecified atom stereocenters. The summed E-state index contributed by atoms with van der Waals surface area (Å²) in [5, 5.41) is 0. The van der Waals surface area contributed by atoms with E-state index in [2.05, 4.69) is 36.6 Å². The monoisotopic (exact) mass is 494 g/mol. The molecule has 1 atom stereocenters. The number of carbonyl (C=O) groups excluding carboxylic acids is 1. The average Bonchev–Trinajstić information content (AvgIpc) is 3.23. The second-order valence-electron chi connectivity index (χ2n) is 5.85. The fourth-order valence-electron chi connectivity index (χ4n) is 2.60. The van der Waals surface area contributed by atoms with Gasteiger partial charge in [0.15, 0.2) is 0 Å². The van der Waals surface area contributed by atoms with Gasteiger partial charge in [0.25, 0.3) is 0 Å². The van der Waals surface area contributed by atoms with Crippen LogP contribution in [0.1, 0.15) is 39.0 Å². The molecule has 2 N–H and O–H groups in total. The number of nitrogens with one attached hydrogen (secondary N) is 2. The number of carbonyl (C=O) groups is 1. The van der Waals surface area contributed by atoms with Crippen molar-refractivity contribution in [1.29, 1.82) is 0 Å². The Hall–Kier alpha value is 0.810. The Morgan fingerprint density at radius 2 is 2.00 bits per heavy atom. The predicted molar refractivity (Wildman–Crippen MR) is 88.9 cm³/mol. The number of halogens is 2. The Balaban J connectivity index is 1.33. The van der Waals surface area contributed by atoms with E-state index in [4.69, 9.17) is 9.47 Å². The van der Waals surface area contributed by atoms with Crippen molar-refractivity contribution in [3.05, 3.63) is 0 Å². The Morgan fingerprint density at radius 3 is 2.58 bits per heavy atom. The summed E-state index contributed by atoms with van der Waals surface area (Å²) in [5.74, 6) is -0.160. The summed E-state index contributed by atoms with van der Waals surface area (Å²) in [7, 11) is 0. The van der Waals surface area contributed by atoms with E-state index in [-0.39, 0.29) is 25.8 Å².